The minimum atomic E-state index is 0.142. The van der Waals surface area contributed by atoms with Gasteiger partial charge in [-0.3, -0.25) is 9.69 Å². The molecule has 2 aromatic carbocycles. The van der Waals surface area contributed by atoms with Gasteiger partial charge in [-0.05, 0) is 61.6 Å². The largest absolute Gasteiger partial charge is 0.337 e. The maximum absolute atomic E-state index is 12.9. The van der Waals surface area contributed by atoms with E-state index in [2.05, 4.69) is 24.0 Å². The van der Waals surface area contributed by atoms with Crippen molar-refractivity contribution in [3.63, 3.8) is 0 Å². The molecule has 2 heterocycles. The van der Waals surface area contributed by atoms with Crippen molar-refractivity contribution in [2.75, 3.05) is 26.2 Å². The van der Waals surface area contributed by atoms with Gasteiger partial charge in [0, 0.05) is 31.2 Å². The monoisotopic (exact) mass is 359 g/mol. The molecule has 1 saturated heterocycles. The SMILES string of the molecule is C[C@@H]1CCCN1CCN1CCc2cc(-c3ccccc3C#N)ccc2C1=O. The summed E-state index contributed by atoms with van der Waals surface area (Å²) < 4.78 is 0. The zero-order valence-corrected chi connectivity index (χ0v) is 15.8. The fraction of sp³-hybridized carbons (Fsp3) is 0.391. The molecule has 1 fully saturated rings. The van der Waals surface area contributed by atoms with Gasteiger partial charge in [-0.2, -0.15) is 5.26 Å². The third-order valence-electron chi connectivity index (χ3n) is 5.98. The van der Waals surface area contributed by atoms with E-state index < -0.39 is 0 Å². The molecule has 4 rings (SSSR count). The van der Waals surface area contributed by atoms with Crippen molar-refractivity contribution in [3.8, 4) is 17.2 Å². The predicted octanol–water partition coefficient (Wildman–Crippen LogP) is 3.71. The van der Waals surface area contributed by atoms with E-state index >= 15 is 0 Å². The van der Waals surface area contributed by atoms with Gasteiger partial charge in [0.05, 0.1) is 11.6 Å². The third kappa shape index (κ3) is 3.48. The van der Waals surface area contributed by atoms with E-state index in [1.54, 1.807) is 0 Å². The van der Waals surface area contributed by atoms with Gasteiger partial charge < -0.3 is 4.90 Å². The molecule has 0 aromatic heterocycles. The fourth-order valence-corrected chi connectivity index (χ4v) is 4.32. The Labute approximate surface area is 161 Å². The zero-order valence-electron chi connectivity index (χ0n) is 15.8. The van der Waals surface area contributed by atoms with Crippen molar-refractivity contribution >= 4 is 5.91 Å². The second kappa shape index (κ2) is 7.54. The smallest absolute Gasteiger partial charge is 0.254 e. The lowest BCUT2D eigenvalue weighted by Crippen LogP contribution is -2.43. The molecule has 4 nitrogen and oxygen atoms in total. The molecule has 2 aromatic rings. The molecular weight excluding hydrogens is 334 g/mol. The Bertz CT molecular complexity index is 899. The normalized spacial score (nSPS) is 19.8. The molecule has 0 spiro atoms. The fourth-order valence-electron chi connectivity index (χ4n) is 4.32. The molecule has 0 bridgehead atoms. The van der Waals surface area contributed by atoms with Gasteiger partial charge in [-0.1, -0.05) is 30.3 Å². The number of fused-ring (bicyclic) bond motifs is 1. The Morgan fingerprint density at radius 3 is 2.74 bits per heavy atom. The summed E-state index contributed by atoms with van der Waals surface area (Å²) >= 11 is 0. The minimum Gasteiger partial charge on any atom is -0.337 e. The van der Waals surface area contributed by atoms with Crippen LogP contribution in [-0.2, 0) is 6.42 Å². The van der Waals surface area contributed by atoms with Crippen LogP contribution in [0.4, 0.5) is 0 Å². The van der Waals surface area contributed by atoms with Crippen LogP contribution in [0.25, 0.3) is 11.1 Å². The van der Waals surface area contributed by atoms with Crippen molar-refractivity contribution in [1.29, 1.82) is 5.26 Å². The summed E-state index contributed by atoms with van der Waals surface area (Å²) in [6, 6.07) is 16.5. The van der Waals surface area contributed by atoms with Crippen LogP contribution in [-0.4, -0.2) is 47.9 Å². The van der Waals surface area contributed by atoms with Crippen LogP contribution >= 0.6 is 0 Å². The summed E-state index contributed by atoms with van der Waals surface area (Å²) in [5.74, 6) is 0.142. The highest BCUT2D eigenvalue weighted by atomic mass is 16.2. The van der Waals surface area contributed by atoms with Gasteiger partial charge in [0.2, 0.25) is 0 Å². The average Bonchev–Trinajstić information content (AvgIpc) is 3.12. The lowest BCUT2D eigenvalue weighted by atomic mass is 9.92. The first-order valence-electron chi connectivity index (χ1n) is 9.83. The van der Waals surface area contributed by atoms with E-state index in [1.165, 1.54) is 12.8 Å². The molecule has 0 N–H and O–H groups in total. The lowest BCUT2D eigenvalue weighted by Gasteiger charge is -2.31. The van der Waals surface area contributed by atoms with Crippen LogP contribution in [0.15, 0.2) is 42.5 Å². The number of carbonyl (C=O) groups excluding carboxylic acids is 1. The summed E-state index contributed by atoms with van der Waals surface area (Å²) in [5, 5.41) is 9.35. The first kappa shape index (κ1) is 17.8. The topological polar surface area (TPSA) is 47.3 Å². The lowest BCUT2D eigenvalue weighted by molar-refractivity contribution is 0.0717. The van der Waals surface area contributed by atoms with Crippen molar-refractivity contribution in [1.82, 2.24) is 9.80 Å². The number of nitriles is 1. The van der Waals surface area contributed by atoms with E-state index in [9.17, 15) is 10.1 Å². The molecule has 27 heavy (non-hydrogen) atoms. The summed E-state index contributed by atoms with van der Waals surface area (Å²) in [6.45, 7) is 5.98. The maximum Gasteiger partial charge on any atom is 0.254 e. The number of nitrogens with zero attached hydrogens (tertiary/aromatic N) is 3. The Hall–Kier alpha value is -2.64. The van der Waals surface area contributed by atoms with Crippen molar-refractivity contribution in [2.45, 2.75) is 32.2 Å². The van der Waals surface area contributed by atoms with Crippen molar-refractivity contribution < 1.29 is 4.79 Å². The highest BCUT2D eigenvalue weighted by Crippen LogP contribution is 2.28. The summed E-state index contributed by atoms with van der Waals surface area (Å²) in [7, 11) is 0. The molecule has 0 radical (unpaired) electrons. The quantitative estimate of drug-likeness (QED) is 0.836. The number of benzene rings is 2. The van der Waals surface area contributed by atoms with Crippen molar-refractivity contribution in [3.05, 3.63) is 59.2 Å². The Balaban J connectivity index is 1.51. The molecule has 0 aliphatic carbocycles. The van der Waals surface area contributed by atoms with Gasteiger partial charge in [0.25, 0.3) is 5.91 Å². The van der Waals surface area contributed by atoms with Crippen LogP contribution < -0.4 is 0 Å². The summed E-state index contributed by atoms with van der Waals surface area (Å²) in [5.41, 5.74) is 4.52. The number of rotatable bonds is 4. The number of hydrogen-bond donors (Lipinski definition) is 0. The van der Waals surface area contributed by atoms with Crippen LogP contribution in [0.1, 0.15) is 41.3 Å². The molecule has 4 heteroatoms. The standard InChI is InChI=1S/C23H25N3O/c1-17-5-4-11-25(17)13-14-26-12-10-19-15-18(8-9-22(19)23(26)27)21-7-3-2-6-20(21)16-24/h2-3,6-9,15,17H,4-5,10-14H2,1H3/t17-/m1/s1. The van der Waals surface area contributed by atoms with Crippen LogP contribution in [0, 0.1) is 11.3 Å². The molecule has 2 aliphatic rings. The van der Waals surface area contributed by atoms with Gasteiger partial charge in [-0.25, -0.2) is 0 Å². The first-order valence-corrected chi connectivity index (χ1v) is 9.83. The Morgan fingerprint density at radius 1 is 1.11 bits per heavy atom. The van der Waals surface area contributed by atoms with E-state index in [0.29, 0.717) is 11.6 Å². The number of amides is 1. The van der Waals surface area contributed by atoms with Crippen LogP contribution in [0.5, 0.6) is 0 Å². The van der Waals surface area contributed by atoms with Gasteiger partial charge in [0.15, 0.2) is 0 Å². The molecule has 0 unspecified atom stereocenters. The van der Waals surface area contributed by atoms with Gasteiger partial charge in [-0.15, -0.1) is 0 Å². The number of carbonyl (C=O) groups is 1. The molecule has 1 amide bonds. The second-order valence-corrected chi connectivity index (χ2v) is 7.60. The molecule has 138 valence electrons. The predicted molar refractivity (Wildman–Crippen MR) is 106 cm³/mol. The van der Waals surface area contributed by atoms with Crippen LogP contribution in [0.3, 0.4) is 0 Å². The van der Waals surface area contributed by atoms with E-state index in [4.69, 9.17) is 0 Å². The van der Waals surface area contributed by atoms with E-state index in [-0.39, 0.29) is 5.91 Å². The molecule has 2 aliphatic heterocycles. The highest BCUT2D eigenvalue weighted by molar-refractivity contribution is 5.97. The molecular formula is C23H25N3O. The number of hydrogen-bond acceptors (Lipinski definition) is 3. The van der Waals surface area contributed by atoms with Crippen molar-refractivity contribution in [2.24, 2.45) is 0 Å². The van der Waals surface area contributed by atoms with E-state index in [0.717, 1.165) is 54.9 Å². The Morgan fingerprint density at radius 2 is 1.96 bits per heavy atom. The number of likely N-dealkylation sites (tertiary alicyclic amines) is 1. The van der Waals surface area contributed by atoms with Gasteiger partial charge >= 0.3 is 0 Å². The third-order valence-corrected chi connectivity index (χ3v) is 5.98. The second-order valence-electron chi connectivity index (χ2n) is 7.60. The van der Waals surface area contributed by atoms with Crippen LogP contribution in [0.2, 0.25) is 0 Å². The molecule has 1 atom stereocenters. The van der Waals surface area contributed by atoms with E-state index in [1.807, 2.05) is 41.3 Å². The summed E-state index contributed by atoms with van der Waals surface area (Å²) in [6.07, 6.45) is 3.41. The Kier molecular flexibility index (Phi) is 4.96. The minimum absolute atomic E-state index is 0.142. The maximum atomic E-state index is 12.9. The average molecular weight is 359 g/mol. The van der Waals surface area contributed by atoms with Gasteiger partial charge in [0.1, 0.15) is 0 Å². The first-order chi connectivity index (χ1) is 13.2. The summed E-state index contributed by atoms with van der Waals surface area (Å²) in [4.78, 5) is 17.4. The molecule has 0 saturated carbocycles. The zero-order chi connectivity index (χ0) is 18.8. The highest BCUT2D eigenvalue weighted by Gasteiger charge is 2.26.